The fraction of sp³-hybridized carbons (Fsp3) is 0.714. The molecule has 1 saturated heterocycles. The van der Waals surface area contributed by atoms with Crippen LogP contribution in [0.1, 0.15) is 51.6 Å². The van der Waals surface area contributed by atoms with Gasteiger partial charge in [0.15, 0.2) is 0 Å². The van der Waals surface area contributed by atoms with Gasteiger partial charge in [0, 0.05) is 31.4 Å². The van der Waals surface area contributed by atoms with Crippen LogP contribution in [0.2, 0.25) is 0 Å². The largest absolute Gasteiger partial charge is 0.356 e. The van der Waals surface area contributed by atoms with Gasteiger partial charge < -0.3 is 15.1 Å². The SMILES string of the molecule is CCCN(CCC)CCCNC(=O)[C@H]1CCCN(c2nn3c(=O)cc(C)nc3s2)C1. The fourth-order valence-electron chi connectivity index (χ4n) is 4.03. The van der Waals surface area contributed by atoms with Gasteiger partial charge in [-0.2, -0.15) is 4.52 Å². The quantitative estimate of drug-likeness (QED) is 0.578. The van der Waals surface area contributed by atoms with Crippen LogP contribution in [0.4, 0.5) is 5.13 Å². The second-order valence-electron chi connectivity index (χ2n) is 8.09. The zero-order chi connectivity index (χ0) is 21.5. The standard InChI is InChI=1S/C21H34N6O2S/c1-4-10-25(11-5-2)12-7-9-22-19(29)17-8-6-13-26(15-17)21-24-27-18(28)14-16(3)23-20(27)30-21/h14,17H,4-13,15H2,1-3H3,(H,22,29)/t17-/m0/s1. The summed E-state index contributed by atoms with van der Waals surface area (Å²) in [6, 6.07) is 1.49. The number of aromatic nitrogens is 3. The lowest BCUT2D eigenvalue weighted by atomic mass is 9.97. The Labute approximate surface area is 182 Å². The molecule has 0 saturated carbocycles. The zero-order valence-electron chi connectivity index (χ0n) is 18.4. The topological polar surface area (TPSA) is 82.8 Å². The monoisotopic (exact) mass is 434 g/mol. The molecule has 1 atom stereocenters. The summed E-state index contributed by atoms with van der Waals surface area (Å²) in [6.45, 7) is 11.7. The first-order chi connectivity index (χ1) is 14.5. The molecule has 0 aromatic carbocycles. The highest BCUT2D eigenvalue weighted by Gasteiger charge is 2.27. The number of aryl methyl sites for hydroxylation is 1. The third-order valence-corrected chi connectivity index (χ3v) is 6.42. The van der Waals surface area contributed by atoms with Crippen LogP contribution in [0.15, 0.2) is 10.9 Å². The summed E-state index contributed by atoms with van der Waals surface area (Å²) >= 11 is 1.41. The van der Waals surface area contributed by atoms with E-state index >= 15 is 0 Å². The van der Waals surface area contributed by atoms with E-state index in [0.29, 0.717) is 17.2 Å². The van der Waals surface area contributed by atoms with Crippen LogP contribution >= 0.6 is 11.3 Å². The van der Waals surface area contributed by atoms with Crippen molar-refractivity contribution in [2.45, 2.75) is 52.9 Å². The summed E-state index contributed by atoms with van der Waals surface area (Å²) in [5.41, 5.74) is 0.536. The van der Waals surface area contributed by atoms with Gasteiger partial charge in [0.2, 0.25) is 16.0 Å². The average Bonchev–Trinajstić information content (AvgIpc) is 3.16. The molecule has 3 rings (SSSR count). The molecule has 1 N–H and O–H groups in total. The van der Waals surface area contributed by atoms with Crippen LogP contribution in [-0.4, -0.2) is 64.7 Å². The van der Waals surface area contributed by atoms with Crippen LogP contribution in [0.25, 0.3) is 4.96 Å². The van der Waals surface area contributed by atoms with Gasteiger partial charge >= 0.3 is 0 Å². The number of anilines is 1. The van der Waals surface area contributed by atoms with E-state index in [-0.39, 0.29) is 17.4 Å². The van der Waals surface area contributed by atoms with Gasteiger partial charge in [-0.3, -0.25) is 9.59 Å². The molecular weight excluding hydrogens is 400 g/mol. The van der Waals surface area contributed by atoms with Crippen molar-refractivity contribution in [3.63, 3.8) is 0 Å². The molecule has 2 aromatic rings. The Morgan fingerprint density at radius 2 is 2.07 bits per heavy atom. The second kappa shape index (κ2) is 10.9. The zero-order valence-corrected chi connectivity index (χ0v) is 19.2. The number of piperidine rings is 1. The minimum Gasteiger partial charge on any atom is -0.356 e. The van der Waals surface area contributed by atoms with Gasteiger partial charge in [-0.25, -0.2) is 4.98 Å². The molecule has 2 aromatic heterocycles. The van der Waals surface area contributed by atoms with Crippen molar-refractivity contribution in [1.29, 1.82) is 0 Å². The summed E-state index contributed by atoms with van der Waals surface area (Å²) in [4.78, 5) is 34.4. The van der Waals surface area contributed by atoms with Crippen LogP contribution in [0, 0.1) is 12.8 Å². The molecule has 1 aliphatic rings. The maximum Gasteiger partial charge on any atom is 0.275 e. The van der Waals surface area contributed by atoms with Gasteiger partial charge in [-0.1, -0.05) is 25.2 Å². The van der Waals surface area contributed by atoms with E-state index in [4.69, 9.17) is 0 Å². The molecule has 0 spiro atoms. The molecule has 1 aliphatic heterocycles. The van der Waals surface area contributed by atoms with Crippen LogP contribution in [0.5, 0.6) is 0 Å². The number of fused-ring (bicyclic) bond motifs is 1. The van der Waals surface area contributed by atoms with E-state index in [1.165, 1.54) is 21.9 Å². The summed E-state index contributed by atoms with van der Waals surface area (Å²) < 4.78 is 1.36. The lowest BCUT2D eigenvalue weighted by molar-refractivity contribution is -0.125. The van der Waals surface area contributed by atoms with Gasteiger partial charge in [0.05, 0.1) is 5.92 Å². The molecule has 1 amide bonds. The smallest absolute Gasteiger partial charge is 0.275 e. The van der Waals surface area contributed by atoms with Gasteiger partial charge in [0.1, 0.15) is 0 Å². The maximum atomic E-state index is 12.7. The molecule has 3 heterocycles. The number of nitrogens with zero attached hydrogens (tertiary/aromatic N) is 5. The minimum atomic E-state index is -0.161. The lowest BCUT2D eigenvalue weighted by Gasteiger charge is -2.31. The van der Waals surface area contributed by atoms with Crippen molar-refractivity contribution in [2.24, 2.45) is 5.92 Å². The number of hydrogen-bond donors (Lipinski definition) is 1. The summed E-state index contributed by atoms with van der Waals surface area (Å²) in [7, 11) is 0. The van der Waals surface area contributed by atoms with E-state index in [0.717, 1.165) is 70.0 Å². The highest BCUT2D eigenvalue weighted by molar-refractivity contribution is 7.20. The maximum absolute atomic E-state index is 12.7. The molecule has 0 unspecified atom stereocenters. The van der Waals surface area contributed by atoms with Crippen molar-refractivity contribution in [3.05, 3.63) is 22.1 Å². The van der Waals surface area contributed by atoms with Crippen molar-refractivity contribution >= 4 is 27.3 Å². The molecule has 166 valence electrons. The van der Waals surface area contributed by atoms with E-state index in [2.05, 4.69) is 39.0 Å². The number of carbonyl (C=O) groups excluding carboxylic acids is 1. The van der Waals surface area contributed by atoms with Crippen LogP contribution < -0.4 is 15.8 Å². The molecule has 30 heavy (non-hydrogen) atoms. The normalized spacial score (nSPS) is 17.1. The van der Waals surface area contributed by atoms with Crippen LogP contribution in [-0.2, 0) is 4.79 Å². The lowest BCUT2D eigenvalue weighted by Crippen LogP contribution is -2.43. The third kappa shape index (κ3) is 5.78. The van der Waals surface area contributed by atoms with E-state index in [1.54, 1.807) is 0 Å². The Morgan fingerprint density at radius 3 is 2.80 bits per heavy atom. The number of carbonyl (C=O) groups is 1. The Kier molecular flexibility index (Phi) is 8.21. The highest BCUT2D eigenvalue weighted by Crippen LogP contribution is 2.26. The number of nitrogens with one attached hydrogen (secondary N) is 1. The Balaban J connectivity index is 1.52. The minimum absolute atomic E-state index is 0.0421. The third-order valence-electron chi connectivity index (χ3n) is 5.46. The summed E-state index contributed by atoms with van der Waals surface area (Å²) in [6.07, 6.45) is 5.14. The Hall–Kier alpha value is -2.00. The van der Waals surface area contributed by atoms with E-state index in [1.807, 2.05) is 6.92 Å². The first-order valence-corrected chi connectivity index (χ1v) is 12.0. The van der Waals surface area contributed by atoms with E-state index < -0.39 is 0 Å². The molecule has 9 heteroatoms. The summed E-state index contributed by atoms with van der Waals surface area (Å²) in [5, 5.41) is 8.34. The van der Waals surface area contributed by atoms with Gasteiger partial charge in [-0.05, 0) is 58.7 Å². The van der Waals surface area contributed by atoms with E-state index in [9.17, 15) is 9.59 Å². The van der Waals surface area contributed by atoms with Gasteiger partial charge in [0.25, 0.3) is 5.56 Å². The molecule has 0 aliphatic carbocycles. The number of rotatable bonds is 10. The molecule has 8 nitrogen and oxygen atoms in total. The number of amides is 1. The van der Waals surface area contributed by atoms with Crippen molar-refractivity contribution in [3.8, 4) is 0 Å². The fourth-order valence-corrected chi connectivity index (χ4v) is 5.02. The Morgan fingerprint density at radius 1 is 1.30 bits per heavy atom. The van der Waals surface area contributed by atoms with Crippen molar-refractivity contribution in [1.82, 2.24) is 24.8 Å². The first-order valence-electron chi connectivity index (χ1n) is 11.1. The van der Waals surface area contributed by atoms with Crippen molar-refractivity contribution < 1.29 is 4.79 Å². The van der Waals surface area contributed by atoms with Crippen molar-refractivity contribution in [2.75, 3.05) is 44.2 Å². The second-order valence-corrected chi connectivity index (χ2v) is 9.02. The molecule has 1 fully saturated rings. The molecule has 0 radical (unpaired) electrons. The number of hydrogen-bond acceptors (Lipinski definition) is 7. The predicted octanol–water partition coefficient (Wildman–Crippen LogP) is 2.30. The predicted molar refractivity (Wildman–Crippen MR) is 121 cm³/mol. The van der Waals surface area contributed by atoms with Crippen LogP contribution in [0.3, 0.4) is 0 Å². The summed E-state index contributed by atoms with van der Waals surface area (Å²) in [5.74, 6) is 0.0871. The molecule has 0 bridgehead atoms. The van der Waals surface area contributed by atoms with Gasteiger partial charge in [-0.15, -0.1) is 5.10 Å². The molecular formula is C21H34N6O2S. The Bertz CT molecular complexity index is 889. The average molecular weight is 435 g/mol. The first kappa shape index (κ1) is 22.7. The highest BCUT2D eigenvalue weighted by atomic mass is 32.1.